The third kappa shape index (κ3) is 6.91. The molecule has 6 N–H and O–H groups in total. The molecule has 1 unspecified atom stereocenters. The zero-order valence-electron chi connectivity index (χ0n) is 13.5. The highest BCUT2D eigenvalue weighted by Gasteiger charge is 2.15. The Hall–Kier alpha value is -2.90. The van der Waals surface area contributed by atoms with Crippen molar-refractivity contribution in [3.05, 3.63) is 29.8 Å². The molecule has 0 aliphatic carbocycles. The SMILES string of the molecule is CCC(CC(=O)O)NC(=O)CCC(=O)Nc1ccc(C(=N)N)cc1. The van der Waals surface area contributed by atoms with Gasteiger partial charge in [-0.2, -0.15) is 0 Å². The number of benzene rings is 1. The summed E-state index contributed by atoms with van der Waals surface area (Å²) in [6, 6.07) is 6.03. The molecule has 0 spiro atoms. The fraction of sp³-hybridized carbons (Fsp3) is 0.375. The monoisotopic (exact) mass is 334 g/mol. The lowest BCUT2D eigenvalue weighted by Crippen LogP contribution is -2.36. The number of nitrogens with one attached hydrogen (secondary N) is 3. The Morgan fingerprint density at radius 2 is 1.75 bits per heavy atom. The van der Waals surface area contributed by atoms with Crippen LogP contribution in [0, 0.1) is 5.41 Å². The van der Waals surface area contributed by atoms with E-state index in [2.05, 4.69) is 10.6 Å². The molecule has 0 saturated carbocycles. The highest BCUT2D eigenvalue weighted by molar-refractivity contribution is 5.96. The van der Waals surface area contributed by atoms with Crippen LogP contribution in [0.25, 0.3) is 0 Å². The minimum absolute atomic E-state index is 0.0101. The summed E-state index contributed by atoms with van der Waals surface area (Å²) in [7, 11) is 0. The lowest BCUT2D eigenvalue weighted by molar-refractivity contribution is -0.137. The van der Waals surface area contributed by atoms with Gasteiger partial charge < -0.3 is 21.5 Å². The second-order valence-electron chi connectivity index (χ2n) is 5.31. The number of carboxylic acid groups (broad SMARTS) is 1. The lowest BCUT2D eigenvalue weighted by atomic mass is 10.1. The van der Waals surface area contributed by atoms with E-state index in [0.29, 0.717) is 17.7 Å². The molecule has 8 heteroatoms. The van der Waals surface area contributed by atoms with Crippen molar-refractivity contribution >= 4 is 29.3 Å². The van der Waals surface area contributed by atoms with Crippen LogP contribution in [0.3, 0.4) is 0 Å². The van der Waals surface area contributed by atoms with Gasteiger partial charge in [-0.1, -0.05) is 6.92 Å². The summed E-state index contributed by atoms with van der Waals surface area (Å²) in [5.41, 5.74) is 6.44. The van der Waals surface area contributed by atoms with Crippen LogP contribution in [0.15, 0.2) is 24.3 Å². The average molecular weight is 334 g/mol. The van der Waals surface area contributed by atoms with E-state index in [-0.39, 0.29) is 36.9 Å². The second kappa shape index (κ2) is 9.29. The summed E-state index contributed by atoms with van der Waals surface area (Å²) in [5, 5.41) is 21.2. The summed E-state index contributed by atoms with van der Waals surface area (Å²) in [6.07, 6.45) is 0.334. The van der Waals surface area contributed by atoms with Crippen molar-refractivity contribution in [2.75, 3.05) is 5.32 Å². The maximum atomic E-state index is 11.8. The number of amidine groups is 1. The molecule has 0 aliphatic heterocycles. The fourth-order valence-electron chi connectivity index (χ4n) is 1.99. The van der Waals surface area contributed by atoms with E-state index in [1.807, 2.05) is 0 Å². The van der Waals surface area contributed by atoms with Crippen LogP contribution in [0.4, 0.5) is 5.69 Å². The summed E-state index contributed by atoms with van der Waals surface area (Å²) < 4.78 is 0. The molecule has 1 rings (SSSR count). The topological polar surface area (TPSA) is 145 Å². The number of rotatable bonds is 9. The van der Waals surface area contributed by atoms with Gasteiger partial charge in [0.05, 0.1) is 6.42 Å². The van der Waals surface area contributed by atoms with Gasteiger partial charge in [0.1, 0.15) is 5.84 Å². The quantitative estimate of drug-likeness (QED) is 0.338. The van der Waals surface area contributed by atoms with E-state index in [0.717, 1.165) is 0 Å². The standard InChI is InChI=1S/C16H22N4O4/c1-2-11(9-15(23)24)19-13(21)7-8-14(22)20-12-5-3-10(4-6-12)16(17)18/h3-6,11H,2,7-9H2,1H3,(H3,17,18)(H,19,21)(H,20,22)(H,23,24). The second-order valence-corrected chi connectivity index (χ2v) is 5.31. The van der Waals surface area contributed by atoms with Crippen molar-refractivity contribution in [1.82, 2.24) is 5.32 Å². The lowest BCUT2D eigenvalue weighted by Gasteiger charge is -2.14. The Morgan fingerprint density at radius 3 is 2.25 bits per heavy atom. The molecule has 2 amide bonds. The number of nitrogens with two attached hydrogens (primary N) is 1. The molecule has 0 aliphatic rings. The number of carboxylic acids is 1. The van der Waals surface area contributed by atoms with E-state index in [9.17, 15) is 14.4 Å². The predicted molar refractivity (Wildman–Crippen MR) is 89.8 cm³/mol. The molecule has 0 saturated heterocycles. The van der Waals surface area contributed by atoms with Crippen molar-refractivity contribution in [1.29, 1.82) is 5.41 Å². The maximum absolute atomic E-state index is 11.8. The predicted octanol–water partition coefficient (Wildman–Crippen LogP) is 1.06. The average Bonchev–Trinajstić information content (AvgIpc) is 2.52. The zero-order chi connectivity index (χ0) is 18.1. The normalized spacial score (nSPS) is 11.4. The number of carbonyl (C=O) groups excluding carboxylic acids is 2. The van der Waals surface area contributed by atoms with Gasteiger partial charge in [-0.15, -0.1) is 0 Å². The summed E-state index contributed by atoms with van der Waals surface area (Å²) in [6.45, 7) is 1.78. The largest absolute Gasteiger partial charge is 0.481 e. The van der Waals surface area contributed by atoms with Gasteiger partial charge in [0.25, 0.3) is 0 Å². The first kappa shape index (κ1) is 19.1. The number of anilines is 1. The minimum atomic E-state index is -0.978. The highest BCUT2D eigenvalue weighted by atomic mass is 16.4. The molecular formula is C16H22N4O4. The first-order chi connectivity index (χ1) is 11.3. The van der Waals surface area contributed by atoms with Crippen molar-refractivity contribution in [2.24, 2.45) is 5.73 Å². The number of amides is 2. The minimum Gasteiger partial charge on any atom is -0.481 e. The van der Waals surface area contributed by atoms with Gasteiger partial charge in [-0.25, -0.2) is 0 Å². The Kier molecular flexibility index (Phi) is 7.41. The van der Waals surface area contributed by atoms with Crippen LogP contribution in [0.5, 0.6) is 0 Å². The molecule has 0 bridgehead atoms. The molecule has 1 aromatic rings. The van der Waals surface area contributed by atoms with E-state index in [1.54, 1.807) is 31.2 Å². The van der Waals surface area contributed by atoms with Crippen LogP contribution in [-0.4, -0.2) is 34.8 Å². The Bertz CT molecular complexity index is 613. The molecule has 0 heterocycles. The van der Waals surface area contributed by atoms with Gasteiger partial charge in [0.15, 0.2) is 0 Å². The molecule has 8 nitrogen and oxygen atoms in total. The maximum Gasteiger partial charge on any atom is 0.305 e. The van der Waals surface area contributed by atoms with Crippen LogP contribution in [0.1, 0.15) is 38.2 Å². The number of nitrogen functional groups attached to an aromatic ring is 1. The first-order valence-electron chi connectivity index (χ1n) is 7.57. The van der Waals surface area contributed by atoms with Crippen molar-refractivity contribution < 1.29 is 19.5 Å². The van der Waals surface area contributed by atoms with Crippen LogP contribution >= 0.6 is 0 Å². The third-order valence-electron chi connectivity index (χ3n) is 3.34. The number of aliphatic carboxylic acids is 1. The smallest absolute Gasteiger partial charge is 0.305 e. The van der Waals surface area contributed by atoms with Gasteiger partial charge in [-0.3, -0.25) is 19.8 Å². The third-order valence-corrected chi connectivity index (χ3v) is 3.34. The number of carbonyl (C=O) groups is 3. The number of hydrogen-bond acceptors (Lipinski definition) is 4. The first-order valence-corrected chi connectivity index (χ1v) is 7.57. The Balaban J connectivity index is 2.41. The van der Waals surface area contributed by atoms with Crippen LogP contribution in [-0.2, 0) is 14.4 Å². The van der Waals surface area contributed by atoms with Crippen LogP contribution in [0.2, 0.25) is 0 Å². The van der Waals surface area contributed by atoms with Gasteiger partial charge in [0.2, 0.25) is 11.8 Å². The number of hydrogen-bond donors (Lipinski definition) is 5. The molecule has 0 fully saturated rings. The summed E-state index contributed by atoms with van der Waals surface area (Å²) >= 11 is 0. The van der Waals surface area contributed by atoms with E-state index >= 15 is 0 Å². The Morgan fingerprint density at radius 1 is 1.17 bits per heavy atom. The molecule has 130 valence electrons. The zero-order valence-corrected chi connectivity index (χ0v) is 13.5. The molecular weight excluding hydrogens is 312 g/mol. The van der Waals surface area contributed by atoms with E-state index in [1.165, 1.54) is 0 Å². The molecule has 1 aromatic carbocycles. The summed E-state index contributed by atoms with van der Waals surface area (Å²) in [4.78, 5) is 34.2. The summed E-state index contributed by atoms with van der Waals surface area (Å²) in [5.74, 6) is -1.72. The van der Waals surface area contributed by atoms with Gasteiger partial charge in [-0.05, 0) is 30.7 Å². The highest BCUT2D eigenvalue weighted by Crippen LogP contribution is 2.10. The Labute approximate surface area is 139 Å². The van der Waals surface area contributed by atoms with Crippen molar-refractivity contribution in [3.8, 4) is 0 Å². The van der Waals surface area contributed by atoms with Gasteiger partial charge >= 0.3 is 5.97 Å². The molecule has 0 radical (unpaired) electrons. The van der Waals surface area contributed by atoms with Crippen LogP contribution < -0.4 is 16.4 Å². The fourth-order valence-corrected chi connectivity index (χ4v) is 1.99. The van der Waals surface area contributed by atoms with Crippen molar-refractivity contribution in [3.63, 3.8) is 0 Å². The van der Waals surface area contributed by atoms with Crippen molar-refractivity contribution in [2.45, 2.75) is 38.6 Å². The van der Waals surface area contributed by atoms with E-state index in [4.69, 9.17) is 16.2 Å². The molecule has 1 atom stereocenters. The molecule has 24 heavy (non-hydrogen) atoms. The van der Waals surface area contributed by atoms with E-state index < -0.39 is 12.0 Å². The van der Waals surface area contributed by atoms with Gasteiger partial charge in [0, 0.05) is 30.1 Å². The molecule has 0 aromatic heterocycles.